The minimum absolute atomic E-state index is 0.0931. The highest BCUT2D eigenvalue weighted by molar-refractivity contribution is 6.04. The van der Waals surface area contributed by atoms with E-state index in [0.717, 1.165) is 19.3 Å². The molecule has 174 valence electrons. The fourth-order valence-corrected chi connectivity index (χ4v) is 4.67. The summed E-state index contributed by atoms with van der Waals surface area (Å²) in [5.41, 5.74) is 0.402. The van der Waals surface area contributed by atoms with Gasteiger partial charge in [0, 0.05) is 36.3 Å². The molecule has 4 rings (SSSR count). The molecule has 3 N–H and O–H groups in total. The second-order valence-electron chi connectivity index (χ2n) is 8.74. The maximum Gasteiger partial charge on any atom is 0.269 e. The number of non-ortho nitro benzene ring substituents is 1. The summed E-state index contributed by atoms with van der Waals surface area (Å²) >= 11 is 0. The van der Waals surface area contributed by atoms with Crippen molar-refractivity contribution < 1.29 is 14.5 Å². The number of fused-ring (bicyclic) bond motifs is 1. The van der Waals surface area contributed by atoms with Crippen LogP contribution in [0, 0.1) is 17.0 Å². The lowest BCUT2D eigenvalue weighted by molar-refractivity contribution is -0.384. The quantitative estimate of drug-likeness (QED) is 0.475. The number of piperidine rings is 1. The summed E-state index contributed by atoms with van der Waals surface area (Å²) in [4.78, 5) is 58.3. The van der Waals surface area contributed by atoms with Gasteiger partial charge in [-0.2, -0.15) is 4.98 Å². The van der Waals surface area contributed by atoms with Crippen molar-refractivity contribution in [1.29, 1.82) is 0 Å². The lowest BCUT2D eigenvalue weighted by atomic mass is 9.92. The SMILES string of the molecule is Cc1cc([N+](=O)[O-])ccc1NC(=O)C1CC(=O)Nc2nc(N3C(C)CCCC3C)[nH]c(=O)c21. The molecular weight excluding hydrogens is 428 g/mol. The number of nitro benzene ring substituents is 1. The molecule has 1 fully saturated rings. The number of nitrogens with one attached hydrogen (secondary N) is 3. The number of hydrogen-bond donors (Lipinski definition) is 3. The number of carbonyl (C=O) groups excluding carboxylic acids is 2. The highest BCUT2D eigenvalue weighted by Crippen LogP contribution is 2.33. The van der Waals surface area contributed by atoms with E-state index < -0.39 is 28.2 Å². The second-order valence-corrected chi connectivity index (χ2v) is 8.74. The van der Waals surface area contributed by atoms with Gasteiger partial charge in [0.2, 0.25) is 17.8 Å². The van der Waals surface area contributed by atoms with Crippen molar-refractivity contribution in [2.24, 2.45) is 0 Å². The van der Waals surface area contributed by atoms with Crippen LogP contribution < -0.4 is 21.1 Å². The molecule has 3 atom stereocenters. The molecule has 1 aromatic heterocycles. The fraction of sp³-hybridized carbons (Fsp3) is 0.455. The Morgan fingerprint density at radius 3 is 2.58 bits per heavy atom. The number of amides is 2. The normalized spacial score (nSPS) is 22.3. The number of aromatic amines is 1. The number of aromatic nitrogens is 2. The molecular formula is C22H26N6O5. The minimum atomic E-state index is -1.04. The van der Waals surface area contributed by atoms with Crippen molar-refractivity contribution >= 4 is 35.0 Å². The van der Waals surface area contributed by atoms with Gasteiger partial charge in [-0.3, -0.25) is 29.5 Å². The molecule has 0 spiro atoms. The molecule has 1 aromatic carbocycles. The van der Waals surface area contributed by atoms with E-state index in [1.807, 2.05) is 4.90 Å². The largest absolute Gasteiger partial charge is 0.337 e. The van der Waals surface area contributed by atoms with Crippen LogP contribution in [0.1, 0.15) is 56.6 Å². The number of rotatable bonds is 4. The maximum atomic E-state index is 13.1. The van der Waals surface area contributed by atoms with E-state index >= 15 is 0 Å². The van der Waals surface area contributed by atoms with Crippen LogP contribution >= 0.6 is 0 Å². The highest BCUT2D eigenvalue weighted by atomic mass is 16.6. The van der Waals surface area contributed by atoms with Crippen molar-refractivity contribution in [1.82, 2.24) is 9.97 Å². The predicted molar refractivity (Wildman–Crippen MR) is 123 cm³/mol. The van der Waals surface area contributed by atoms with Crippen LogP contribution in [-0.2, 0) is 9.59 Å². The van der Waals surface area contributed by atoms with Crippen LogP contribution in [0.3, 0.4) is 0 Å². The molecule has 0 radical (unpaired) electrons. The first-order chi connectivity index (χ1) is 15.7. The van der Waals surface area contributed by atoms with Gasteiger partial charge in [0.1, 0.15) is 5.82 Å². The molecule has 0 bridgehead atoms. The van der Waals surface area contributed by atoms with Crippen LogP contribution in [0.2, 0.25) is 0 Å². The van der Waals surface area contributed by atoms with E-state index in [1.54, 1.807) is 6.92 Å². The molecule has 2 aliphatic heterocycles. The van der Waals surface area contributed by atoms with Gasteiger partial charge in [-0.25, -0.2) is 0 Å². The summed E-state index contributed by atoms with van der Waals surface area (Å²) < 4.78 is 0. The molecule has 2 aliphatic rings. The molecule has 0 aliphatic carbocycles. The van der Waals surface area contributed by atoms with Crippen molar-refractivity contribution in [2.75, 3.05) is 15.5 Å². The Kier molecular flexibility index (Phi) is 5.88. The molecule has 0 saturated carbocycles. The van der Waals surface area contributed by atoms with E-state index in [1.165, 1.54) is 18.2 Å². The fourth-order valence-electron chi connectivity index (χ4n) is 4.67. The maximum absolute atomic E-state index is 13.1. The number of benzene rings is 1. The van der Waals surface area contributed by atoms with Crippen molar-refractivity contribution in [3.63, 3.8) is 0 Å². The topological polar surface area (TPSA) is 150 Å². The number of anilines is 3. The van der Waals surface area contributed by atoms with Crippen LogP contribution in [0.25, 0.3) is 0 Å². The summed E-state index contributed by atoms with van der Waals surface area (Å²) in [6.07, 6.45) is 2.83. The molecule has 11 nitrogen and oxygen atoms in total. The van der Waals surface area contributed by atoms with E-state index in [4.69, 9.17) is 0 Å². The summed E-state index contributed by atoms with van der Waals surface area (Å²) in [6.45, 7) is 5.76. The predicted octanol–water partition coefficient (Wildman–Crippen LogP) is 2.82. The first kappa shape index (κ1) is 22.4. The number of aryl methyl sites for hydroxylation is 1. The molecule has 33 heavy (non-hydrogen) atoms. The molecule has 11 heteroatoms. The van der Waals surface area contributed by atoms with Crippen LogP contribution in [-0.4, -0.2) is 38.8 Å². The Bertz CT molecular complexity index is 1180. The number of carbonyl (C=O) groups is 2. The Morgan fingerprint density at radius 1 is 1.24 bits per heavy atom. The summed E-state index contributed by atoms with van der Waals surface area (Å²) in [5, 5.41) is 16.3. The Labute approximate surface area is 189 Å². The van der Waals surface area contributed by atoms with Gasteiger partial charge in [0.15, 0.2) is 0 Å². The van der Waals surface area contributed by atoms with Crippen molar-refractivity contribution in [2.45, 2.75) is 64.5 Å². The average molecular weight is 454 g/mol. The molecule has 3 unspecified atom stereocenters. The van der Waals surface area contributed by atoms with E-state index in [0.29, 0.717) is 17.2 Å². The monoisotopic (exact) mass is 454 g/mol. The Morgan fingerprint density at radius 2 is 1.94 bits per heavy atom. The zero-order valence-corrected chi connectivity index (χ0v) is 18.7. The van der Waals surface area contributed by atoms with Gasteiger partial charge in [-0.15, -0.1) is 0 Å². The second kappa shape index (κ2) is 8.64. The summed E-state index contributed by atoms with van der Waals surface area (Å²) in [6, 6.07) is 4.42. The van der Waals surface area contributed by atoms with Crippen LogP contribution in [0.15, 0.2) is 23.0 Å². The molecule has 3 heterocycles. The molecule has 1 saturated heterocycles. The molecule has 2 aromatic rings. The molecule has 2 amide bonds. The van der Waals surface area contributed by atoms with Gasteiger partial charge in [-0.05, 0) is 51.7 Å². The summed E-state index contributed by atoms with van der Waals surface area (Å²) in [5.74, 6) is -1.53. The lowest BCUT2D eigenvalue weighted by Crippen LogP contribution is -2.46. The number of H-pyrrole nitrogens is 1. The number of nitro groups is 1. The Hall–Kier alpha value is -3.76. The van der Waals surface area contributed by atoms with E-state index in [-0.39, 0.29) is 35.6 Å². The minimum Gasteiger partial charge on any atom is -0.337 e. The van der Waals surface area contributed by atoms with E-state index in [2.05, 4.69) is 34.4 Å². The smallest absolute Gasteiger partial charge is 0.269 e. The zero-order chi connectivity index (χ0) is 23.9. The van der Waals surface area contributed by atoms with Crippen LogP contribution in [0.4, 0.5) is 23.1 Å². The van der Waals surface area contributed by atoms with E-state index in [9.17, 15) is 24.5 Å². The van der Waals surface area contributed by atoms with Gasteiger partial charge in [0.05, 0.1) is 16.4 Å². The third-order valence-corrected chi connectivity index (χ3v) is 6.37. The number of nitrogens with zero attached hydrogens (tertiary/aromatic N) is 3. The highest BCUT2D eigenvalue weighted by Gasteiger charge is 2.36. The van der Waals surface area contributed by atoms with Gasteiger partial charge < -0.3 is 15.5 Å². The first-order valence-electron chi connectivity index (χ1n) is 10.9. The van der Waals surface area contributed by atoms with Crippen molar-refractivity contribution in [3.8, 4) is 0 Å². The summed E-state index contributed by atoms with van der Waals surface area (Å²) in [7, 11) is 0. The number of hydrogen-bond acceptors (Lipinski definition) is 7. The lowest BCUT2D eigenvalue weighted by Gasteiger charge is -2.39. The first-order valence-corrected chi connectivity index (χ1v) is 10.9. The van der Waals surface area contributed by atoms with Crippen LogP contribution in [0.5, 0.6) is 0 Å². The Balaban J connectivity index is 1.66. The third kappa shape index (κ3) is 4.30. The van der Waals surface area contributed by atoms with Gasteiger partial charge >= 0.3 is 0 Å². The van der Waals surface area contributed by atoms with Gasteiger partial charge in [-0.1, -0.05) is 0 Å². The average Bonchev–Trinajstić information content (AvgIpc) is 2.74. The standard InChI is InChI=1S/C22H26N6O5/c1-11-9-14(28(32)33)7-8-16(11)23-20(30)15-10-17(29)24-19-18(15)21(31)26-22(25-19)27-12(2)5-4-6-13(27)3/h7-9,12-13,15H,4-6,10H2,1-3H3,(H,23,30)(H2,24,25,26,29,31). The van der Waals surface area contributed by atoms with Gasteiger partial charge in [0.25, 0.3) is 11.2 Å². The third-order valence-electron chi connectivity index (χ3n) is 6.37. The van der Waals surface area contributed by atoms with Crippen molar-refractivity contribution in [3.05, 3.63) is 49.8 Å². The zero-order valence-electron chi connectivity index (χ0n) is 18.7.